The van der Waals surface area contributed by atoms with Gasteiger partial charge >= 0.3 is 6.18 Å². The first kappa shape index (κ1) is 21.8. The third kappa shape index (κ3) is 3.81. The van der Waals surface area contributed by atoms with Crippen LogP contribution in [-0.4, -0.2) is 24.5 Å². The second-order valence-electron chi connectivity index (χ2n) is 7.84. The first-order valence-electron chi connectivity index (χ1n) is 10.5. The fourth-order valence-electron chi connectivity index (χ4n) is 4.08. The number of fused-ring (bicyclic) bond motifs is 2. The number of hydrogen-bond acceptors (Lipinski definition) is 5. The van der Waals surface area contributed by atoms with E-state index in [2.05, 4.69) is 25.3 Å². The van der Waals surface area contributed by atoms with Crippen LogP contribution < -0.4 is 10.9 Å². The number of aromatic nitrogens is 5. The average molecular weight is 464 g/mol. The van der Waals surface area contributed by atoms with Gasteiger partial charge in [0.2, 0.25) is 0 Å². The number of pyridine rings is 1. The van der Waals surface area contributed by atoms with Crippen LogP contribution in [0.1, 0.15) is 29.9 Å². The molecule has 0 aliphatic carbocycles. The molecule has 0 fully saturated rings. The lowest BCUT2D eigenvalue weighted by atomic mass is 10.0. The number of rotatable bonds is 5. The average Bonchev–Trinajstić information content (AvgIpc) is 3.31. The van der Waals surface area contributed by atoms with E-state index in [4.69, 9.17) is 0 Å². The molecule has 0 radical (unpaired) electrons. The van der Waals surface area contributed by atoms with Gasteiger partial charge in [-0.3, -0.25) is 9.36 Å². The molecule has 0 unspecified atom stereocenters. The lowest BCUT2D eigenvalue weighted by Gasteiger charge is -2.22. The first-order valence-corrected chi connectivity index (χ1v) is 10.5. The molecule has 0 aliphatic rings. The van der Waals surface area contributed by atoms with Crippen LogP contribution in [0.2, 0.25) is 0 Å². The zero-order valence-corrected chi connectivity index (χ0v) is 18.0. The number of alkyl halides is 3. The minimum absolute atomic E-state index is 0.230. The Morgan fingerprint density at radius 1 is 1.06 bits per heavy atom. The van der Waals surface area contributed by atoms with Crippen molar-refractivity contribution in [1.29, 1.82) is 0 Å². The zero-order chi connectivity index (χ0) is 23.9. The normalized spacial score (nSPS) is 12.9. The van der Waals surface area contributed by atoms with Crippen LogP contribution in [0, 0.1) is 0 Å². The van der Waals surface area contributed by atoms with E-state index in [-0.39, 0.29) is 10.8 Å². The predicted molar refractivity (Wildman–Crippen MR) is 121 cm³/mol. The SMILES string of the molecule is C[C@H](NCc1ncnc2nc[nH]c12)c1cc2cccc(C(F)(F)F)c2c(=O)n1-c1ccccc1. The second-order valence-corrected chi connectivity index (χ2v) is 7.84. The van der Waals surface area contributed by atoms with E-state index < -0.39 is 23.3 Å². The van der Waals surface area contributed by atoms with Crippen LogP contribution in [0.25, 0.3) is 27.6 Å². The quantitative estimate of drug-likeness (QED) is 0.399. The molecule has 0 saturated carbocycles. The molecule has 0 amide bonds. The highest BCUT2D eigenvalue weighted by molar-refractivity contribution is 5.86. The number of imidazole rings is 1. The van der Waals surface area contributed by atoms with Gasteiger partial charge in [0.15, 0.2) is 5.65 Å². The maximum Gasteiger partial charge on any atom is 0.417 e. The number of nitrogens with one attached hydrogen (secondary N) is 2. The Kier molecular flexibility index (Phi) is 5.37. The van der Waals surface area contributed by atoms with Crippen LogP contribution >= 0.6 is 0 Å². The standard InChI is InChI=1S/C24H19F3N6O/c1-14(28-11-18-21-22(31-12-29-18)32-13-30-21)19-10-15-6-5-9-17(24(25,26)27)20(15)23(34)33(19)16-7-3-2-4-8-16/h2-10,12-14,28H,11H2,1H3,(H,29,30,31,32)/t14-/m0/s1. The highest BCUT2D eigenvalue weighted by Crippen LogP contribution is 2.34. The van der Waals surface area contributed by atoms with Gasteiger partial charge in [-0.25, -0.2) is 15.0 Å². The lowest BCUT2D eigenvalue weighted by molar-refractivity contribution is -0.136. The van der Waals surface area contributed by atoms with Crippen LogP contribution in [0.5, 0.6) is 0 Å². The molecule has 0 bridgehead atoms. The van der Waals surface area contributed by atoms with Crippen molar-refractivity contribution in [2.75, 3.05) is 0 Å². The van der Waals surface area contributed by atoms with Crippen LogP contribution in [0.4, 0.5) is 13.2 Å². The Morgan fingerprint density at radius 3 is 2.62 bits per heavy atom. The zero-order valence-electron chi connectivity index (χ0n) is 18.0. The second kappa shape index (κ2) is 8.38. The molecule has 3 heterocycles. The number of nitrogens with zero attached hydrogens (tertiary/aromatic N) is 4. The number of benzene rings is 2. The molecule has 7 nitrogen and oxygen atoms in total. The van der Waals surface area contributed by atoms with Gasteiger partial charge < -0.3 is 10.3 Å². The summed E-state index contributed by atoms with van der Waals surface area (Å²) in [5, 5.41) is 3.20. The molecule has 172 valence electrons. The van der Waals surface area contributed by atoms with Gasteiger partial charge in [0.25, 0.3) is 5.56 Å². The summed E-state index contributed by atoms with van der Waals surface area (Å²) in [6.45, 7) is 2.17. The molecular weight excluding hydrogens is 445 g/mol. The first-order chi connectivity index (χ1) is 16.3. The summed E-state index contributed by atoms with van der Waals surface area (Å²) in [6, 6.07) is 13.6. The maximum atomic E-state index is 13.7. The number of para-hydroxylation sites is 1. The van der Waals surface area contributed by atoms with Gasteiger partial charge in [0.1, 0.15) is 11.8 Å². The Hall–Kier alpha value is -4.05. The summed E-state index contributed by atoms with van der Waals surface area (Å²) in [5.41, 5.74) is 1.24. The fourth-order valence-corrected chi connectivity index (χ4v) is 4.08. The van der Waals surface area contributed by atoms with Crippen molar-refractivity contribution < 1.29 is 13.2 Å². The smallest absolute Gasteiger partial charge is 0.342 e. The monoisotopic (exact) mass is 464 g/mol. The van der Waals surface area contributed by atoms with Crippen molar-refractivity contribution in [3.8, 4) is 5.69 Å². The minimum Gasteiger partial charge on any atom is -0.342 e. The molecule has 2 aromatic carbocycles. The number of halogens is 3. The summed E-state index contributed by atoms with van der Waals surface area (Å²) in [7, 11) is 0. The maximum absolute atomic E-state index is 13.7. The number of H-pyrrole nitrogens is 1. The Bertz CT molecular complexity index is 1540. The number of hydrogen-bond donors (Lipinski definition) is 2. The topological polar surface area (TPSA) is 88.5 Å². The predicted octanol–water partition coefficient (Wildman–Crippen LogP) is 4.53. The molecule has 10 heteroatoms. The molecule has 2 N–H and O–H groups in total. The number of aromatic amines is 1. The molecule has 0 aliphatic heterocycles. The van der Waals surface area contributed by atoms with Gasteiger partial charge in [-0.15, -0.1) is 0 Å². The van der Waals surface area contributed by atoms with Crippen molar-refractivity contribution >= 4 is 21.9 Å². The summed E-state index contributed by atoms with van der Waals surface area (Å²) in [6.07, 6.45) is -1.71. The minimum atomic E-state index is -4.65. The van der Waals surface area contributed by atoms with Crippen molar-refractivity contribution in [2.45, 2.75) is 25.7 Å². The molecular formula is C24H19F3N6O. The van der Waals surface area contributed by atoms with Crippen molar-refractivity contribution in [3.05, 3.63) is 94.6 Å². The van der Waals surface area contributed by atoms with Crippen LogP contribution in [0.15, 0.2) is 72.0 Å². The van der Waals surface area contributed by atoms with E-state index >= 15 is 0 Å². The van der Waals surface area contributed by atoms with Crippen molar-refractivity contribution in [1.82, 2.24) is 29.8 Å². The third-order valence-electron chi connectivity index (χ3n) is 5.72. The van der Waals surface area contributed by atoms with Crippen LogP contribution in [-0.2, 0) is 12.7 Å². The highest BCUT2D eigenvalue weighted by Gasteiger charge is 2.34. The summed E-state index contributed by atoms with van der Waals surface area (Å²) in [5.74, 6) is 0. The van der Waals surface area contributed by atoms with Gasteiger partial charge in [-0.05, 0) is 36.6 Å². The van der Waals surface area contributed by atoms with E-state index in [9.17, 15) is 18.0 Å². The Balaban J connectivity index is 1.64. The van der Waals surface area contributed by atoms with Crippen LogP contribution in [0.3, 0.4) is 0 Å². The van der Waals surface area contributed by atoms with Crippen molar-refractivity contribution in [3.63, 3.8) is 0 Å². The largest absolute Gasteiger partial charge is 0.417 e. The Labute approximate surface area is 191 Å². The summed E-state index contributed by atoms with van der Waals surface area (Å²) >= 11 is 0. The van der Waals surface area contributed by atoms with E-state index in [0.717, 1.165) is 6.07 Å². The van der Waals surface area contributed by atoms with E-state index in [1.54, 1.807) is 36.4 Å². The van der Waals surface area contributed by atoms with E-state index in [0.29, 0.717) is 34.8 Å². The molecule has 5 aromatic rings. The van der Waals surface area contributed by atoms with E-state index in [1.807, 2.05) is 6.92 Å². The summed E-state index contributed by atoms with van der Waals surface area (Å²) < 4.78 is 42.5. The van der Waals surface area contributed by atoms with E-state index in [1.165, 1.54) is 29.4 Å². The molecule has 1 atom stereocenters. The molecule has 3 aromatic heterocycles. The molecule has 0 spiro atoms. The third-order valence-corrected chi connectivity index (χ3v) is 5.72. The van der Waals surface area contributed by atoms with Crippen molar-refractivity contribution in [2.24, 2.45) is 0 Å². The molecule has 0 saturated heterocycles. The molecule has 34 heavy (non-hydrogen) atoms. The summed E-state index contributed by atoms with van der Waals surface area (Å²) in [4.78, 5) is 29.1. The van der Waals surface area contributed by atoms with Gasteiger partial charge in [-0.1, -0.05) is 30.3 Å². The van der Waals surface area contributed by atoms with Gasteiger partial charge in [0, 0.05) is 24.0 Å². The highest BCUT2D eigenvalue weighted by atomic mass is 19.4. The Morgan fingerprint density at radius 2 is 1.85 bits per heavy atom. The van der Waals surface area contributed by atoms with Gasteiger partial charge in [-0.2, -0.15) is 13.2 Å². The fraction of sp³-hybridized carbons (Fsp3) is 0.167. The molecule has 5 rings (SSSR count). The lowest BCUT2D eigenvalue weighted by Crippen LogP contribution is -2.29. The van der Waals surface area contributed by atoms with Gasteiger partial charge in [0.05, 0.1) is 23.0 Å².